The van der Waals surface area contributed by atoms with Gasteiger partial charge in [-0.2, -0.15) is 0 Å². The highest BCUT2D eigenvalue weighted by molar-refractivity contribution is 7.10. The highest BCUT2D eigenvalue weighted by atomic mass is 28.3. The zero-order valence-corrected chi connectivity index (χ0v) is 20.0. The summed E-state index contributed by atoms with van der Waals surface area (Å²) in [6.07, 6.45) is 6.86. The normalized spacial score (nSPS) is 11.9. The molecule has 4 aromatic rings. The summed E-state index contributed by atoms with van der Waals surface area (Å²) in [7, 11) is -2.32. The van der Waals surface area contributed by atoms with Gasteiger partial charge in [0, 0.05) is 18.6 Å². The summed E-state index contributed by atoms with van der Waals surface area (Å²) < 4.78 is 2.26. The number of benzene rings is 3. The number of hydrogen-bond donors (Lipinski definition) is 0. The van der Waals surface area contributed by atoms with Crippen LogP contribution >= 0.6 is 0 Å². The standard InChI is InChI=1S/C28H32N2Si/c1-22(2)24-10-14-27(15-11-24)31(21-30-19-18-29-20-30,26-8-6-5-7-9-26)28-16-12-25(13-17-28)23(3)4/h5-20,22-23H,21H2,1-4H3. The fraction of sp³-hybridized carbons (Fsp3) is 0.250. The largest absolute Gasteiger partial charge is 0.339 e. The summed E-state index contributed by atoms with van der Waals surface area (Å²) in [5.41, 5.74) is 2.77. The van der Waals surface area contributed by atoms with Crippen molar-refractivity contribution in [2.24, 2.45) is 0 Å². The van der Waals surface area contributed by atoms with Gasteiger partial charge in [0.05, 0.1) is 6.33 Å². The van der Waals surface area contributed by atoms with Gasteiger partial charge in [-0.1, -0.05) is 107 Å². The second kappa shape index (κ2) is 9.07. The Balaban J connectivity index is 1.96. The fourth-order valence-corrected chi connectivity index (χ4v) is 8.97. The monoisotopic (exact) mass is 424 g/mol. The molecule has 31 heavy (non-hydrogen) atoms. The highest BCUT2D eigenvalue weighted by Crippen LogP contribution is 2.18. The Kier molecular flexibility index (Phi) is 6.24. The number of aromatic nitrogens is 2. The van der Waals surface area contributed by atoms with Gasteiger partial charge in [0.25, 0.3) is 0 Å². The van der Waals surface area contributed by atoms with Crippen molar-refractivity contribution in [2.75, 3.05) is 0 Å². The molecule has 1 aromatic heterocycles. The van der Waals surface area contributed by atoms with Crippen LogP contribution in [0.15, 0.2) is 97.6 Å². The molecule has 0 fully saturated rings. The summed E-state index contributed by atoms with van der Waals surface area (Å²) in [4.78, 5) is 4.35. The van der Waals surface area contributed by atoms with E-state index in [1.807, 2.05) is 12.5 Å². The van der Waals surface area contributed by atoms with Crippen molar-refractivity contribution in [2.45, 2.75) is 45.7 Å². The van der Waals surface area contributed by atoms with Crippen LogP contribution in [0.1, 0.15) is 50.7 Å². The molecule has 3 heteroatoms. The quantitative estimate of drug-likeness (QED) is 0.307. The molecule has 1 heterocycles. The van der Waals surface area contributed by atoms with Crippen LogP contribution in [0.4, 0.5) is 0 Å². The molecule has 0 aliphatic carbocycles. The van der Waals surface area contributed by atoms with Gasteiger partial charge in [-0.25, -0.2) is 4.98 Å². The van der Waals surface area contributed by atoms with Crippen molar-refractivity contribution >= 4 is 23.6 Å². The van der Waals surface area contributed by atoms with E-state index in [4.69, 9.17) is 0 Å². The first-order valence-electron chi connectivity index (χ1n) is 11.2. The molecule has 0 aliphatic rings. The molecular weight excluding hydrogens is 392 g/mol. The first kappa shape index (κ1) is 21.3. The van der Waals surface area contributed by atoms with Crippen molar-refractivity contribution in [1.82, 2.24) is 9.55 Å². The number of nitrogens with zero attached hydrogens (tertiary/aromatic N) is 2. The lowest BCUT2D eigenvalue weighted by Gasteiger charge is -2.34. The summed E-state index contributed by atoms with van der Waals surface area (Å²) >= 11 is 0. The number of rotatable bonds is 7. The Morgan fingerprint density at radius 2 is 1.16 bits per heavy atom. The minimum Gasteiger partial charge on any atom is -0.339 e. The predicted molar refractivity (Wildman–Crippen MR) is 134 cm³/mol. The zero-order chi connectivity index (χ0) is 21.8. The lowest BCUT2D eigenvalue weighted by Crippen LogP contribution is -2.69. The smallest absolute Gasteiger partial charge is 0.168 e. The predicted octanol–water partition coefficient (Wildman–Crippen LogP) is 4.84. The minimum atomic E-state index is -2.32. The van der Waals surface area contributed by atoms with Gasteiger partial charge in [0.15, 0.2) is 8.07 Å². The van der Waals surface area contributed by atoms with E-state index in [1.54, 1.807) is 0 Å². The van der Waals surface area contributed by atoms with Gasteiger partial charge in [-0.15, -0.1) is 0 Å². The second-order valence-electron chi connectivity index (χ2n) is 9.06. The minimum absolute atomic E-state index is 0.529. The maximum atomic E-state index is 4.35. The van der Waals surface area contributed by atoms with E-state index >= 15 is 0 Å². The van der Waals surface area contributed by atoms with Gasteiger partial charge < -0.3 is 4.57 Å². The third-order valence-corrected chi connectivity index (χ3v) is 11.2. The van der Waals surface area contributed by atoms with Crippen LogP contribution in [0.3, 0.4) is 0 Å². The van der Waals surface area contributed by atoms with E-state index in [2.05, 4.69) is 122 Å². The first-order chi connectivity index (χ1) is 15.0. The molecule has 0 saturated heterocycles. The Morgan fingerprint density at radius 3 is 1.58 bits per heavy atom. The fourth-order valence-electron chi connectivity index (χ4n) is 4.46. The summed E-state index contributed by atoms with van der Waals surface area (Å²) in [5.74, 6) is 1.06. The molecule has 0 saturated carbocycles. The van der Waals surface area contributed by atoms with Crippen LogP contribution in [0.5, 0.6) is 0 Å². The highest BCUT2D eigenvalue weighted by Gasteiger charge is 2.40. The van der Waals surface area contributed by atoms with Crippen molar-refractivity contribution in [3.8, 4) is 0 Å². The molecule has 0 N–H and O–H groups in total. The van der Waals surface area contributed by atoms with Gasteiger partial charge in [-0.05, 0) is 38.5 Å². The van der Waals surface area contributed by atoms with Gasteiger partial charge in [-0.3, -0.25) is 0 Å². The Bertz CT molecular complexity index is 1030. The van der Waals surface area contributed by atoms with Crippen molar-refractivity contribution in [1.29, 1.82) is 0 Å². The maximum absolute atomic E-state index is 4.35. The van der Waals surface area contributed by atoms with Crippen molar-refractivity contribution < 1.29 is 0 Å². The van der Waals surface area contributed by atoms with Gasteiger partial charge >= 0.3 is 0 Å². The molecule has 0 unspecified atom stereocenters. The van der Waals surface area contributed by atoms with Crippen molar-refractivity contribution in [3.05, 3.63) is 109 Å². The molecule has 0 radical (unpaired) electrons. The molecular formula is C28H32N2Si. The second-order valence-corrected chi connectivity index (χ2v) is 12.9. The van der Waals surface area contributed by atoms with Crippen LogP contribution in [0, 0.1) is 0 Å². The first-order valence-corrected chi connectivity index (χ1v) is 13.4. The van der Waals surface area contributed by atoms with Crippen molar-refractivity contribution in [3.63, 3.8) is 0 Å². The van der Waals surface area contributed by atoms with E-state index < -0.39 is 8.07 Å². The molecule has 0 atom stereocenters. The third-order valence-electron chi connectivity index (χ3n) is 6.39. The van der Waals surface area contributed by atoms with E-state index in [-0.39, 0.29) is 0 Å². The SMILES string of the molecule is CC(C)c1ccc([Si](Cn2ccnc2)(c2ccccc2)c2ccc(C(C)C)cc2)cc1. The van der Waals surface area contributed by atoms with Crippen LogP contribution in [-0.2, 0) is 6.17 Å². The van der Waals surface area contributed by atoms with Crippen LogP contribution in [-0.4, -0.2) is 17.6 Å². The average molecular weight is 425 g/mol. The molecule has 0 spiro atoms. The maximum Gasteiger partial charge on any atom is 0.168 e. The Morgan fingerprint density at radius 1 is 0.677 bits per heavy atom. The summed E-state index contributed by atoms with van der Waals surface area (Å²) in [6.45, 7) is 9.03. The lowest BCUT2D eigenvalue weighted by atomic mass is 10.0. The summed E-state index contributed by atoms with van der Waals surface area (Å²) in [5, 5.41) is 4.31. The Hall–Kier alpha value is -2.91. The third kappa shape index (κ3) is 4.28. The lowest BCUT2D eigenvalue weighted by molar-refractivity contribution is 0.858. The average Bonchev–Trinajstić information content (AvgIpc) is 3.31. The van der Waals surface area contributed by atoms with Gasteiger partial charge in [0.1, 0.15) is 0 Å². The summed E-state index contributed by atoms with van der Waals surface area (Å²) in [6, 6.07) is 29.9. The molecule has 0 aliphatic heterocycles. The topological polar surface area (TPSA) is 17.8 Å². The molecule has 3 aromatic carbocycles. The molecule has 2 nitrogen and oxygen atoms in total. The number of imidazole rings is 1. The van der Waals surface area contributed by atoms with Gasteiger partial charge in [0.2, 0.25) is 0 Å². The molecule has 158 valence electrons. The van der Waals surface area contributed by atoms with Crippen LogP contribution in [0.2, 0.25) is 0 Å². The zero-order valence-electron chi connectivity index (χ0n) is 19.0. The molecule has 0 bridgehead atoms. The number of hydrogen-bond acceptors (Lipinski definition) is 1. The Labute approximate surface area is 187 Å². The molecule has 0 amide bonds. The van der Waals surface area contributed by atoms with E-state index in [0.29, 0.717) is 11.8 Å². The van der Waals surface area contributed by atoms with E-state index in [0.717, 1.165) is 6.17 Å². The van der Waals surface area contributed by atoms with E-state index in [1.165, 1.54) is 26.7 Å². The van der Waals surface area contributed by atoms with Crippen LogP contribution < -0.4 is 15.6 Å². The van der Waals surface area contributed by atoms with Crippen LogP contribution in [0.25, 0.3) is 0 Å². The van der Waals surface area contributed by atoms with E-state index in [9.17, 15) is 0 Å². The molecule has 4 rings (SSSR count).